The summed E-state index contributed by atoms with van der Waals surface area (Å²) in [6, 6.07) is 8.32. The molecule has 0 unspecified atom stereocenters. The van der Waals surface area contributed by atoms with Crippen LogP contribution in [0.5, 0.6) is 0 Å². The first-order chi connectivity index (χ1) is 15.0. The molecule has 168 valence electrons. The Labute approximate surface area is 194 Å². The van der Waals surface area contributed by atoms with Crippen molar-refractivity contribution in [2.45, 2.75) is 58.3 Å². The summed E-state index contributed by atoms with van der Waals surface area (Å²) in [4.78, 5) is 27.7. The zero-order chi connectivity index (χ0) is 22.2. The molecular weight excluding hydrogens is 428 g/mol. The molecule has 5 nitrogen and oxygen atoms in total. The highest BCUT2D eigenvalue weighted by Crippen LogP contribution is 2.33. The van der Waals surface area contributed by atoms with E-state index < -0.39 is 5.97 Å². The number of nitrogens with zero attached hydrogens (tertiary/aromatic N) is 2. The van der Waals surface area contributed by atoms with Crippen molar-refractivity contribution in [1.29, 1.82) is 0 Å². The highest BCUT2D eigenvalue weighted by molar-refractivity contribution is 8.26. The molecule has 0 spiro atoms. The van der Waals surface area contributed by atoms with Crippen molar-refractivity contribution in [1.82, 2.24) is 4.90 Å². The summed E-state index contributed by atoms with van der Waals surface area (Å²) < 4.78 is 0.423. The summed E-state index contributed by atoms with van der Waals surface area (Å²) in [5, 5.41) is 8.85. The second kappa shape index (κ2) is 11.7. The fraction of sp³-hybridized carbons (Fsp3) is 0.542. The van der Waals surface area contributed by atoms with E-state index in [1.807, 2.05) is 18.2 Å². The number of benzene rings is 1. The van der Waals surface area contributed by atoms with Gasteiger partial charge in [0.1, 0.15) is 4.32 Å². The number of carboxylic acid groups (broad SMARTS) is 1. The van der Waals surface area contributed by atoms with Gasteiger partial charge < -0.3 is 10.0 Å². The second-order valence-corrected chi connectivity index (χ2v) is 10.0. The highest BCUT2D eigenvalue weighted by atomic mass is 32.2. The van der Waals surface area contributed by atoms with Crippen LogP contribution in [-0.2, 0) is 9.59 Å². The van der Waals surface area contributed by atoms with Crippen LogP contribution >= 0.6 is 24.0 Å². The zero-order valence-electron chi connectivity index (χ0n) is 18.2. The Bertz CT molecular complexity index is 815. The maximum absolute atomic E-state index is 12.5. The molecule has 7 heteroatoms. The number of carboxylic acids is 1. The number of aliphatic carboxylic acids is 1. The average molecular weight is 461 g/mol. The number of hydrogen-bond donors (Lipinski definition) is 1. The molecule has 0 aliphatic carbocycles. The molecule has 2 aliphatic rings. The number of anilines is 1. The topological polar surface area (TPSA) is 60.9 Å². The molecule has 1 aromatic carbocycles. The molecule has 0 bridgehead atoms. The quantitative estimate of drug-likeness (QED) is 0.281. The number of unbranched alkanes of at least 4 members (excludes halogenated alkanes) is 3. The molecule has 1 N–H and O–H groups in total. The number of thiocarbonyl (C=S) groups is 1. The molecule has 1 amide bonds. The molecule has 2 heterocycles. The van der Waals surface area contributed by atoms with Gasteiger partial charge in [0.25, 0.3) is 5.91 Å². The molecule has 0 atom stereocenters. The standard InChI is InChI=1S/C24H32N2O3S2/c1-2-3-4-5-6-18-11-14-25(15-12-18)20-9-7-19(8-10-20)17-21-23(29)26(24(30)31-21)16-13-22(27)28/h7-10,17-18H,2-6,11-16H2,1H3,(H,27,28)/b21-17-. The average Bonchev–Trinajstić information content (AvgIpc) is 3.03. The van der Waals surface area contributed by atoms with Gasteiger partial charge in [0, 0.05) is 25.3 Å². The van der Waals surface area contributed by atoms with Crippen LogP contribution in [0.3, 0.4) is 0 Å². The minimum absolute atomic E-state index is 0.107. The van der Waals surface area contributed by atoms with Gasteiger partial charge in [-0.2, -0.15) is 0 Å². The van der Waals surface area contributed by atoms with Gasteiger partial charge in [0.2, 0.25) is 0 Å². The third kappa shape index (κ3) is 6.81. The largest absolute Gasteiger partial charge is 0.481 e. The van der Waals surface area contributed by atoms with Gasteiger partial charge in [-0.3, -0.25) is 14.5 Å². The molecule has 31 heavy (non-hydrogen) atoms. The van der Waals surface area contributed by atoms with Gasteiger partial charge in [0.05, 0.1) is 11.3 Å². The first kappa shape index (κ1) is 23.8. The fourth-order valence-corrected chi connectivity index (χ4v) is 5.48. The molecule has 3 rings (SSSR count). The lowest BCUT2D eigenvalue weighted by molar-refractivity contribution is -0.137. The van der Waals surface area contributed by atoms with Crippen molar-refractivity contribution in [3.05, 3.63) is 34.7 Å². The van der Waals surface area contributed by atoms with Gasteiger partial charge in [-0.15, -0.1) is 0 Å². The van der Waals surface area contributed by atoms with E-state index in [9.17, 15) is 9.59 Å². The normalized spacial score (nSPS) is 18.9. The van der Waals surface area contributed by atoms with Crippen LogP contribution in [0.2, 0.25) is 0 Å². The van der Waals surface area contributed by atoms with E-state index in [-0.39, 0.29) is 18.9 Å². The molecular formula is C24H32N2O3S2. The highest BCUT2D eigenvalue weighted by Gasteiger charge is 2.32. The van der Waals surface area contributed by atoms with Crippen LogP contribution in [0.4, 0.5) is 5.69 Å². The van der Waals surface area contributed by atoms with Crippen LogP contribution in [0.15, 0.2) is 29.2 Å². The SMILES string of the molecule is CCCCCCC1CCN(c2ccc(/C=C3\SC(=S)N(CCC(=O)O)C3=O)cc2)CC1. The van der Waals surface area contributed by atoms with Gasteiger partial charge in [-0.1, -0.05) is 75.1 Å². The monoisotopic (exact) mass is 460 g/mol. The first-order valence-electron chi connectivity index (χ1n) is 11.3. The van der Waals surface area contributed by atoms with Crippen molar-refractivity contribution < 1.29 is 14.7 Å². The summed E-state index contributed by atoms with van der Waals surface area (Å²) in [5.41, 5.74) is 2.18. The number of hydrogen-bond acceptors (Lipinski definition) is 5. The van der Waals surface area contributed by atoms with Crippen molar-refractivity contribution >= 4 is 51.9 Å². The Morgan fingerprint density at radius 2 is 1.90 bits per heavy atom. The second-order valence-electron chi connectivity index (χ2n) is 8.35. The summed E-state index contributed by atoms with van der Waals surface area (Å²) in [7, 11) is 0. The van der Waals surface area contributed by atoms with Crippen molar-refractivity contribution in [2.24, 2.45) is 5.92 Å². The van der Waals surface area contributed by atoms with E-state index >= 15 is 0 Å². The van der Waals surface area contributed by atoms with E-state index in [4.69, 9.17) is 17.3 Å². The van der Waals surface area contributed by atoms with Crippen LogP contribution in [0, 0.1) is 5.92 Å². The number of amides is 1. The third-order valence-electron chi connectivity index (χ3n) is 6.06. The summed E-state index contributed by atoms with van der Waals surface area (Å²) in [5.74, 6) is -0.272. The minimum Gasteiger partial charge on any atom is -0.481 e. The van der Waals surface area contributed by atoms with E-state index in [1.54, 1.807) is 0 Å². The molecule has 2 fully saturated rings. The van der Waals surface area contributed by atoms with Gasteiger partial charge in [-0.05, 0) is 42.5 Å². The van der Waals surface area contributed by atoms with Crippen LogP contribution in [0.1, 0.15) is 63.9 Å². The lowest BCUT2D eigenvalue weighted by atomic mass is 9.91. The van der Waals surface area contributed by atoms with Crippen molar-refractivity contribution in [3.8, 4) is 0 Å². The number of carbonyl (C=O) groups is 2. The lowest BCUT2D eigenvalue weighted by Crippen LogP contribution is -2.33. The summed E-state index contributed by atoms with van der Waals surface area (Å²) >= 11 is 6.48. The molecule has 2 aliphatic heterocycles. The van der Waals surface area contributed by atoms with Gasteiger partial charge in [-0.25, -0.2) is 0 Å². The van der Waals surface area contributed by atoms with Crippen LogP contribution in [-0.4, -0.2) is 45.8 Å². The molecule has 1 aromatic rings. The van der Waals surface area contributed by atoms with Crippen LogP contribution in [0.25, 0.3) is 6.08 Å². The molecule has 0 saturated carbocycles. The Morgan fingerprint density at radius 3 is 2.55 bits per heavy atom. The Balaban J connectivity index is 1.52. The van der Waals surface area contributed by atoms with Gasteiger partial charge in [0.15, 0.2) is 0 Å². The van der Waals surface area contributed by atoms with Crippen molar-refractivity contribution in [2.75, 3.05) is 24.5 Å². The van der Waals surface area contributed by atoms with Crippen LogP contribution < -0.4 is 4.90 Å². The first-order valence-corrected chi connectivity index (χ1v) is 12.5. The number of carbonyl (C=O) groups excluding carboxylic acids is 1. The summed E-state index contributed by atoms with van der Waals surface area (Å²) in [6.07, 6.45) is 11.0. The third-order valence-corrected chi connectivity index (χ3v) is 7.44. The Hall–Kier alpha value is -1.86. The predicted octanol–water partition coefficient (Wildman–Crippen LogP) is 5.55. The number of thioether (sulfide) groups is 1. The molecule has 0 radical (unpaired) electrons. The summed E-state index contributed by atoms with van der Waals surface area (Å²) in [6.45, 7) is 4.60. The fourth-order valence-electron chi connectivity index (χ4n) is 4.17. The smallest absolute Gasteiger partial charge is 0.305 e. The molecule has 0 aromatic heterocycles. The van der Waals surface area contributed by atoms with E-state index in [0.717, 1.165) is 24.6 Å². The van der Waals surface area contributed by atoms with E-state index in [0.29, 0.717) is 9.23 Å². The van der Waals surface area contributed by atoms with E-state index in [2.05, 4.69) is 24.0 Å². The zero-order valence-corrected chi connectivity index (χ0v) is 19.8. The van der Waals surface area contributed by atoms with Gasteiger partial charge >= 0.3 is 5.97 Å². The Kier molecular flexibility index (Phi) is 8.96. The number of piperidine rings is 1. The molecule has 2 saturated heterocycles. The number of rotatable bonds is 10. The lowest BCUT2D eigenvalue weighted by Gasteiger charge is -2.33. The predicted molar refractivity (Wildman–Crippen MR) is 132 cm³/mol. The Morgan fingerprint density at radius 1 is 1.19 bits per heavy atom. The maximum atomic E-state index is 12.5. The maximum Gasteiger partial charge on any atom is 0.305 e. The minimum atomic E-state index is -0.936. The van der Waals surface area contributed by atoms with Crippen molar-refractivity contribution in [3.63, 3.8) is 0 Å². The van der Waals surface area contributed by atoms with E-state index in [1.165, 1.54) is 67.3 Å².